The summed E-state index contributed by atoms with van der Waals surface area (Å²) in [5, 5.41) is 10.7. The Balaban J connectivity index is 1.52. The van der Waals surface area contributed by atoms with Gasteiger partial charge in [-0.15, -0.1) is 0 Å². The Hall–Kier alpha value is -2.01. The minimum atomic E-state index is -0.147. The quantitative estimate of drug-likeness (QED) is 0.913. The van der Waals surface area contributed by atoms with Crippen LogP contribution in [0.15, 0.2) is 12.1 Å². The fourth-order valence-electron chi connectivity index (χ4n) is 3.24. The highest BCUT2D eigenvalue weighted by Crippen LogP contribution is 2.32. The zero-order valence-corrected chi connectivity index (χ0v) is 12.8. The summed E-state index contributed by atoms with van der Waals surface area (Å²) in [6.45, 7) is 1.06. The molecule has 2 aliphatic rings. The van der Waals surface area contributed by atoms with Crippen LogP contribution < -0.4 is 10.1 Å². The van der Waals surface area contributed by atoms with Crippen molar-refractivity contribution in [3.8, 4) is 5.75 Å². The number of carbonyl (C=O) groups is 1. The first kappa shape index (κ1) is 13.6. The molecule has 1 aromatic carbocycles. The van der Waals surface area contributed by atoms with E-state index >= 15 is 0 Å². The summed E-state index contributed by atoms with van der Waals surface area (Å²) in [5.74, 6) is 0.711. The van der Waals surface area contributed by atoms with Crippen LogP contribution in [0.5, 0.6) is 5.75 Å². The maximum absolute atomic E-state index is 12.4. The average Bonchev–Trinajstić information content (AvgIpc) is 3.19. The number of carbonyl (C=O) groups excluding carboxylic acids is 1. The summed E-state index contributed by atoms with van der Waals surface area (Å²) in [6.07, 6.45) is 3.85. The van der Waals surface area contributed by atoms with E-state index in [1.165, 1.54) is 0 Å². The Morgan fingerprint density at radius 2 is 2.27 bits per heavy atom. The van der Waals surface area contributed by atoms with Gasteiger partial charge in [-0.1, -0.05) is 11.6 Å². The molecule has 1 aliphatic heterocycles. The van der Waals surface area contributed by atoms with Crippen LogP contribution in [0.3, 0.4) is 0 Å². The molecule has 1 aromatic heterocycles. The highest BCUT2D eigenvalue weighted by Gasteiger charge is 2.23. The predicted molar refractivity (Wildman–Crippen MR) is 82.4 cm³/mol. The molecule has 0 atom stereocenters. The van der Waals surface area contributed by atoms with Gasteiger partial charge in [0.2, 0.25) is 0 Å². The normalized spacial score (nSPS) is 15.3. The third-order valence-corrected chi connectivity index (χ3v) is 4.50. The van der Waals surface area contributed by atoms with Crippen molar-refractivity contribution >= 4 is 17.5 Å². The van der Waals surface area contributed by atoms with E-state index in [0.717, 1.165) is 53.8 Å². The highest BCUT2D eigenvalue weighted by molar-refractivity contribution is 6.30. The number of benzene rings is 1. The minimum absolute atomic E-state index is 0.147. The van der Waals surface area contributed by atoms with Crippen molar-refractivity contribution in [2.24, 2.45) is 0 Å². The highest BCUT2D eigenvalue weighted by atomic mass is 35.5. The molecule has 1 amide bonds. The van der Waals surface area contributed by atoms with Crippen molar-refractivity contribution in [1.29, 1.82) is 0 Å². The number of aryl methyl sites for hydroxylation is 1. The minimum Gasteiger partial charge on any atom is -0.493 e. The molecule has 0 saturated heterocycles. The number of aromatic amines is 1. The Morgan fingerprint density at radius 1 is 1.36 bits per heavy atom. The van der Waals surface area contributed by atoms with Gasteiger partial charge in [-0.05, 0) is 37.0 Å². The van der Waals surface area contributed by atoms with Gasteiger partial charge >= 0.3 is 0 Å². The molecule has 0 bridgehead atoms. The molecule has 2 N–H and O–H groups in total. The molecule has 22 heavy (non-hydrogen) atoms. The zero-order chi connectivity index (χ0) is 15.1. The van der Waals surface area contributed by atoms with Gasteiger partial charge in [-0.2, -0.15) is 5.10 Å². The van der Waals surface area contributed by atoms with Crippen molar-refractivity contribution in [2.75, 3.05) is 6.61 Å². The van der Waals surface area contributed by atoms with E-state index in [1.54, 1.807) is 0 Å². The van der Waals surface area contributed by atoms with Gasteiger partial charge in [0, 0.05) is 34.8 Å². The van der Waals surface area contributed by atoms with Crippen molar-refractivity contribution in [3.05, 3.63) is 45.2 Å². The maximum Gasteiger partial charge on any atom is 0.272 e. The molecule has 2 aromatic rings. The van der Waals surface area contributed by atoms with Gasteiger partial charge < -0.3 is 10.1 Å². The predicted octanol–water partition coefficient (Wildman–Crippen LogP) is 2.42. The fourth-order valence-corrected chi connectivity index (χ4v) is 3.51. The first-order valence-corrected chi connectivity index (χ1v) is 7.88. The van der Waals surface area contributed by atoms with Crippen LogP contribution in [-0.4, -0.2) is 22.7 Å². The number of ether oxygens (including phenoxy) is 1. The summed E-state index contributed by atoms with van der Waals surface area (Å²) in [7, 11) is 0. The lowest BCUT2D eigenvalue weighted by atomic mass is 10.1. The smallest absolute Gasteiger partial charge is 0.272 e. The largest absolute Gasteiger partial charge is 0.493 e. The average molecular weight is 318 g/mol. The van der Waals surface area contributed by atoms with Crippen molar-refractivity contribution in [1.82, 2.24) is 15.5 Å². The number of amides is 1. The van der Waals surface area contributed by atoms with Crippen LogP contribution in [0.25, 0.3) is 0 Å². The van der Waals surface area contributed by atoms with Crippen molar-refractivity contribution < 1.29 is 9.53 Å². The van der Waals surface area contributed by atoms with Crippen LogP contribution in [0.4, 0.5) is 0 Å². The molecule has 6 heteroatoms. The van der Waals surface area contributed by atoms with Crippen molar-refractivity contribution in [3.63, 3.8) is 0 Å². The second kappa shape index (κ2) is 5.32. The number of halogens is 1. The van der Waals surface area contributed by atoms with Gasteiger partial charge in [-0.3, -0.25) is 9.89 Å². The van der Waals surface area contributed by atoms with Crippen LogP contribution in [0.1, 0.15) is 39.3 Å². The Bertz CT molecular complexity index is 754. The number of nitrogens with one attached hydrogen (secondary N) is 2. The number of rotatable bonds is 3. The van der Waals surface area contributed by atoms with E-state index < -0.39 is 0 Å². The van der Waals surface area contributed by atoms with Gasteiger partial charge in [0.1, 0.15) is 5.75 Å². The van der Waals surface area contributed by atoms with E-state index in [-0.39, 0.29) is 5.91 Å². The molecule has 5 nitrogen and oxygen atoms in total. The Kier molecular flexibility index (Phi) is 3.30. The Labute approximate surface area is 133 Å². The van der Waals surface area contributed by atoms with E-state index in [9.17, 15) is 4.79 Å². The lowest BCUT2D eigenvalue weighted by Crippen LogP contribution is -2.24. The molecule has 0 radical (unpaired) electrons. The number of aromatic nitrogens is 2. The second-order valence-corrected chi connectivity index (χ2v) is 6.15. The SMILES string of the molecule is O=C(NCc1cc(Cl)cc2c1OCC2)c1n[nH]c2c1CCC2. The fraction of sp³-hybridized carbons (Fsp3) is 0.375. The summed E-state index contributed by atoms with van der Waals surface area (Å²) < 4.78 is 5.65. The van der Waals surface area contributed by atoms with Crippen LogP contribution in [0.2, 0.25) is 5.02 Å². The van der Waals surface area contributed by atoms with E-state index in [0.29, 0.717) is 23.9 Å². The number of hydrogen-bond donors (Lipinski definition) is 2. The van der Waals surface area contributed by atoms with E-state index in [4.69, 9.17) is 16.3 Å². The molecule has 0 spiro atoms. The van der Waals surface area contributed by atoms with E-state index in [2.05, 4.69) is 15.5 Å². The van der Waals surface area contributed by atoms with Gasteiger partial charge in [0.05, 0.1) is 6.61 Å². The molecule has 4 rings (SSSR count). The van der Waals surface area contributed by atoms with Crippen LogP contribution in [0, 0.1) is 0 Å². The van der Waals surface area contributed by atoms with Crippen LogP contribution >= 0.6 is 11.6 Å². The lowest BCUT2D eigenvalue weighted by molar-refractivity contribution is 0.0944. The monoisotopic (exact) mass is 317 g/mol. The first-order chi connectivity index (χ1) is 10.7. The standard InChI is InChI=1S/C16H16ClN3O2/c17-11-6-9-4-5-22-15(9)10(7-11)8-18-16(21)14-12-2-1-3-13(12)19-20-14/h6-7H,1-5,8H2,(H,18,21)(H,19,20). The number of H-pyrrole nitrogens is 1. The summed E-state index contributed by atoms with van der Waals surface area (Å²) in [6, 6.07) is 3.77. The Morgan fingerprint density at radius 3 is 3.18 bits per heavy atom. The van der Waals surface area contributed by atoms with Gasteiger partial charge in [-0.25, -0.2) is 0 Å². The van der Waals surface area contributed by atoms with Crippen molar-refractivity contribution in [2.45, 2.75) is 32.2 Å². The number of fused-ring (bicyclic) bond motifs is 2. The summed E-state index contributed by atoms with van der Waals surface area (Å²) in [5.41, 5.74) is 4.70. The molecule has 0 unspecified atom stereocenters. The molecule has 2 heterocycles. The van der Waals surface area contributed by atoms with Gasteiger partial charge in [0.25, 0.3) is 5.91 Å². The molecular weight excluding hydrogens is 302 g/mol. The first-order valence-electron chi connectivity index (χ1n) is 7.51. The van der Waals surface area contributed by atoms with E-state index in [1.807, 2.05) is 12.1 Å². The molecule has 0 saturated carbocycles. The summed E-state index contributed by atoms with van der Waals surface area (Å²) in [4.78, 5) is 12.4. The van der Waals surface area contributed by atoms with Crippen LogP contribution in [-0.2, 0) is 25.8 Å². The number of nitrogens with zero attached hydrogens (tertiary/aromatic N) is 1. The third-order valence-electron chi connectivity index (χ3n) is 4.29. The topological polar surface area (TPSA) is 67.0 Å². The second-order valence-electron chi connectivity index (χ2n) is 5.72. The zero-order valence-electron chi connectivity index (χ0n) is 12.0. The summed E-state index contributed by atoms with van der Waals surface area (Å²) >= 11 is 6.13. The third kappa shape index (κ3) is 2.25. The molecule has 1 aliphatic carbocycles. The molecule has 0 fully saturated rings. The molecule has 114 valence electrons. The lowest BCUT2D eigenvalue weighted by Gasteiger charge is -2.10. The molecular formula is C16H16ClN3O2. The van der Waals surface area contributed by atoms with Gasteiger partial charge in [0.15, 0.2) is 5.69 Å². The number of hydrogen-bond acceptors (Lipinski definition) is 3. The maximum atomic E-state index is 12.4.